The Morgan fingerprint density at radius 3 is 3.00 bits per heavy atom. The predicted molar refractivity (Wildman–Crippen MR) is 45.5 cm³/mol. The highest BCUT2D eigenvalue weighted by Gasteiger charge is 2.07. The SMILES string of the molecule is CC1=NNCc2ccccc21. The van der Waals surface area contributed by atoms with Crippen LogP contribution in [-0.4, -0.2) is 5.71 Å². The van der Waals surface area contributed by atoms with Gasteiger partial charge in [0.15, 0.2) is 0 Å². The maximum absolute atomic E-state index is 4.14. The summed E-state index contributed by atoms with van der Waals surface area (Å²) < 4.78 is 0. The van der Waals surface area contributed by atoms with Gasteiger partial charge in [-0.25, -0.2) is 0 Å². The maximum atomic E-state index is 4.14. The zero-order valence-electron chi connectivity index (χ0n) is 6.46. The van der Waals surface area contributed by atoms with Crippen molar-refractivity contribution in [3.8, 4) is 0 Å². The average molecular weight is 146 g/mol. The third kappa shape index (κ3) is 1.00. The summed E-state index contributed by atoms with van der Waals surface area (Å²) in [6, 6.07) is 8.33. The minimum absolute atomic E-state index is 0.855. The standard InChI is InChI=1S/C9H10N2/c1-7-9-5-3-2-4-8(9)6-10-11-7/h2-5,10H,6H2,1H3. The molecule has 2 nitrogen and oxygen atoms in total. The molecule has 0 radical (unpaired) electrons. The van der Waals surface area contributed by atoms with Crippen LogP contribution in [0.5, 0.6) is 0 Å². The lowest BCUT2D eigenvalue weighted by Gasteiger charge is -2.14. The summed E-state index contributed by atoms with van der Waals surface area (Å²) in [5.41, 5.74) is 6.66. The first-order valence-corrected chi connectivity index (χ1v) is 3.73. The number of rotatable bonds is 0. The Balaban J connectivity index is 2.56. The quantitative estimate of drug-likeness (QED) is 0.589. The van der Waals surface area contributed by atoms with E-state index in [1.807, 2.05) is 13.0 Å². The second kappa shape index (κ2) is 2.38. The van der Waals surface area contributed by atoms with Crippen molar-refractivity contribution in [2.24, 2.45) is 5.10 Å². The van der Waals surface area contributed by atoms with Gasteiger partial charge in [0.25, 0.3) is 0 Å². The molecule has 0 spiro atoms. The van der Waals surface area contributed by atoms with Crippen LogP contribution in [0.2, 0.25) is 0 Å². The van der Waals surface area contributed by atoms with Gasteiger partial charge in [-0.05, 0) is 12.5 Å². The second-order valence-electron chi connectivity index (χ2n) is 2.69. The van der Waals surface area contributed by atoms with Crippen LogP contribution in [0.15, 0.2) is 29.4 Å². The van der Waals surface area contributed by atoms with Crippen LogP contribution in [0, 0.1) is 0 Å². The van der Waals surface area contributed by atoms with Gasteiger partial charge in [-0.2, -0.15) is 5.10 Å². The van der Waals surface area contributed by atoms with Crippen molar-refractivity contribution in [3.05, 3.63) is 35.4 Å². The summed E-state index contributed by atoms with van der Waals surface area (Å²) in [7, 11) is 0. The van der Waals surface area contributed by atoms with Crippen LogP contribution in [0.1, 0.15) is 18.1 Å². The van der Waals surface area contributed by atoms with E-state index in [0.717, 1.165) is 12.3 Å². The molecule has 1 aromatic carbocycles. The first kappa shape index (κ1) is 6.40. The highest BCUT2D eigenvalue weighted by atomic mass is 15.3. The Morgan fingerprint density at radius 1 is 1.36 bits per heavy atom. The summed E-state index contributed by atoms with van der Waals surface area (Å²) >= 11 is 0. The smallest absolute Gasteiger partial charge is 0.0647 e. The normalized spacial score (nSPS) is 14.8. The monoisotopic (exact) mass is 146 g/mol. The fourth-order valence-electron chi connectivity index (χ4n) is 1.33. The molecule has 0 saturated carbocycles. The minimum atomic E-state index is 0.855. The van der Waals surface area contributed by atoms with E-state index in [0.29, 0.717) is 0 Å². The Labute approximate surface area is 65.9 Å². The molecule has 0 aromatic heterocycles. The van der Waals surface area contributed by atoms with Crippen LogP contribution in [0.3, 0.4) is 0 Å². The first-order valence-electron chi connectivity index (χ1n) is 3.73. The van der Waals surface area contributed by atoms with E-state index in [4.69, 9.17) is 0 Å². The third-order valence-corrected chi connectivity index (χ3v) is 1.92. The van der Waals surface area contributed by atoms with Gasteiger partial charge in [-0.15, -0.1) is 0 Å². The summed E-state index contributed by atoms with van der Waals surface area (Å²) in [4.78, 5) is 0. The summed E-state index contributed by atoms with van der Waals surface area (Å²) in [6.45, 7) is 2.87. The van der Waals surface area contributed by atoms with Crippen LogP contribution in [0.25, 0.3) is 0 Å². The maximum Gasteiger partial charge on any atom is 0.0647 e. The Morgan fingerprint density at radius 2 is 2.18 bits per heavy atom. The molecule has 56 valence electrons. The molecular weight excluding hydrogens is 136 g/mol. The number of nitrogens with zero attached hydrogens (tertiary/aromatic N) is 1. The second-order valence-corrected chi connectivity index (χ2v) is 2.69. The zero-order chi connectivity index (χ0) is 7.68. The van der Waals surface area contributed by atoms with Gasteiger partial charge < -0.3 is 5.43 Å². The van der Waals surface area contributed by atoms with Crippen molar-refractivity contribution < 1.29 is 0 Å². The molecule has 1 N–H and O–H groups in total. The molecule has 0 aliphatic carbocycles. The van der Waals surface area contributed by atoms with Crippen molar-refractivity contribution in [2.75, 3.05) is 0 Å². The van der Waals surface area contributed by atoms with Crippen LogP contribution < -0.4 is 5.43 Å². The fourth-order valence-corrected chi connectivity index (χ4v) is 1.33. The van der Waals surface area contributed by atoms with Gasteiger partial charge in [-0.1, -0.05) is 24.3 Å². The molecule has 1 aliphatic heterocycles. The number of fused-ring (bicyclic) bond motifs is 1. The number of hydrogen-bond acceptors (Lipinski definition) is 2. The largest absolute Gasteiger partial charge is 0.305 e. The zero-order valence-corrected chi connectivity index (χ0v) is 6.46. The summed E-state index contributed by atoms with van der Waals surface area (Å²) in [5, 5.41) is 4.14. The molecular formula is C9H10N2. The topological polar surface area (TPSA) is 24.4 Å². The lowest BCUT2D eigenvalue weighted by molar-refractivity contribution is 0.728. The highest BCUT2D eigenvalue weighted by Crippen LogP contribution is 2.12. The molecule has 0 atom stereocenters. The fraction of sp³-hybridized carbons (Fsp3) is 0.222. The van der Waals surface area contributed by atoms with Crippen molar-refractivity contribution in [1.29, 1.82) is 0 Å². The van der Waals surface area contributed by atoms with Gasteiger partial charge in [0, 0.05) is 5.56 Å². The van der Waals surface area contributed by atoms with Gasteiger partial charge in [-0.3, -0.25) is 0 Å². The Kier molecular flexibility index (Phi) is 1.39. The molecule has 0 bridgehead atoms. The Hall–Kier alpha value is -1.31. The lowest BCUT2D eigenvalue weighted by Crippen LogP contribution is -2.17. The minimum Gasteiger partial charge on any atom is -0.305 e. The Bertz CT molecular complexity index is 302. The van der Waals surface area contributed by atoms with Gasteiger partial charge in [0.2, 0.25) is 0 Å². The third-order valence-electron chi connectivity index (χ3n) is 1.92. The molecule has 0 fully saturated rings. The van der Waals surface area contributed by atoms with E-state index >= 15 is 0 Å². The molecule has 0 saturated heterocycles. The van der Waals surface area contributed by atoms with Crippen molar-refractivity contribution in [3.63, 3.8) is 0 Å². The van der Waals surface area contributed by atoms with Crippen LogP contribution >= 0.6 is 0 Å². The molecule has 1 aliphatic rings. The van der Waals surface area contributed by atoms with Gasteiger partial charge >= 0.3 is 0 Å². The first-order chi connectivity index (χ1) is 5.38. The average Bonchev–Trinajstić information content (AvgIpc) is 2.06. The number of nitrogens with one attached hydrogen (secondary N) is 1. The van der Waals surface area contributed by atoms with Gasteiger partial charge in [0.1, 0.15) is 0 Å². The number of benzene rings is 1. The van der Waals surface area contributed by atoms with Crippen molar-refractivity contribution >= 4 is 5.71 Å². The van der Waals surface area contributed by atoms with E-state index < -0.39 is 0 Å². The molecule has 2 rings (SSSR count). The molecule has 1 heterocycles. The summed E-state index contributed by atoms with van der Waals surface area (Å²) in [5.74, 6) is 0. The van der Waals surface area contributed by atoms with Crippen molar-refractivity contribution in [1.82, 2.24) is 5.43 Å². The molecule has 1 aromatic rings. The van der Waals surface area contributed by atoms with E-state index in [-0.39, 0.29) is 0 Å². The number of hydrogen-bond donors (Lipinski definition) is 1. The number of hydrazone groups is 1. The van der Waals surface area contributed by atoms with E-state index in [2.05, 4.69) is 28.7 Å². The molecule has 0 amide bonds. The molecule has 2 heteroatoms. The van der Waals surface area contributed by atoms with E-state index in [9.17, 15) is 0 Å². The lowest BCUT2D eigenvalue weighted by atomic mass is 10.0. The highest BCUT2D eigenvalue weighted by molar-refractivity contribution is 6.00. The van der Waals surface area contributed by atoms with E-state index in [1.54, 1.807) is 0 Å². The van der Waals surface area contributed by atoms with Gasteiger partial charge in [0.05, 0.1) is 12.3 Å². The predicted octanol–water partition coefficient (Wildman–Crippen LogP) is 1.51. The van der Waals surface area contributed by atoms with Crippen LogP contribution in [-0.2, 0) is 6.54 Å². The van der Waals surface area contributed by atoms with Crippen molar-refractivity contribution in [2.45, 2.75) is 13.5 Å². The molecule has 0 unspecified atom stereocenters. The van der Waals surface area contributed by atoms with Crippen LogP contribution in [0.4, 0.5) is 0 Å². The van der Waals surface area contributed by atoms with E-state index in [1.165, 1.54) is 11.1 Å². The molecule has 11 heavy (non-hydrogen) atoms. The summed E-state index contributed by atoms with van der Waals surface area (Å²) in [6.07, 6.45) is 0.